The summed E-state index contributed by atoms with van der Waals surface area (Å²) in [4.78, 5) is 9.46. The first-order valence-corrected chi connectivity index (χ1v) is 8.82. The summed E-state index contributed by atoms with van der Waals surface area (Å²) in [5.41, 5.74) is 2.81. The average Bonchev–Trinajstić information content (AvgIpc) is 3.06. The Morgan fingerprint density at radius 2 is 1.92 bits per heavy atom. The Kier molecular flexibility index (Phi) is 4.34. The van der Waals surface area contributed by atoms with Gasteiger partial charge in [0, 0.05) is 16.5 Å². The van der Waals surface area contributed by atoms with Crippen molar-refractivity contribution in [3.8, 4) is 17.0 Å². The van der Waals surface area contributed by atoms with Crippen molar-refractivity contribution in [2.75, 3.05) is 0 Å². The van der Waals surface area contributed by atoms with Crippen LogP contribution in [0.3, 0.4) is 0 Å². The topological polar surface area (TPSA) is 35.0 Å². The number of ether oxygens (including phenoxy) is 1. The summed E-state index contributed by atoms with van der Waals surface area (Å²) in [7, 11) is 0. The predicted octanol–water partition coefficient (Wildman–Crippen LogP) is 5.73. The zero-order valence-electron chi connectivity index (χ0n) is 12.9. The lowest BCUT2D eigenvalue weighted by Gasteiger charge is -2.09. The van der Waals surface area contributed by atoms with Crippen LogP contribution in [0.4, 0.5) is 4.39 Å². The second-order valence-electron chi connectivity index (χ2n) is 5.40. The minimum absolute atomic E-state index is 0.204. The van der Waals surface area contributed by atoms with Gasteiger partial charge in [0.2, 0.25) is 5.88 Å². The lowest BCUT2D eigenvalue weighted by atomic mass is 10.1. The van der Waals surface area contributed by atoms with E-state index in [0.29, 0.717) is 16.5 Å². The van der Waals surface area contributed by atoms with Crippen molar-refractivity contribution >= 4 is 33.2 Å². The minimum Gasteiger partial charge on any atom is -0.472 e. The molecule has 4 aromatic rings. The van der Waals surface area contributed by atoms with Gasteiger partial charge in [-0.2, -0.15) is 0 Å². The van der Waals surface area contributed by atoms with Crippen LogP contribution in [0.2, 0.25) is 5.02 Å². The fourth-order valence-corrected chi connectivity index (χ4v) is 3.70. The SMILES string of the molecule is Fc1ccc(COc2ncnc3scc(-c4ccccc4)c23)c(Cl)c1. The highest BCUT2D eigenvalue weighted by Crippen LogP contribution is 2.37. The molecule has 2 aromatic heterocycles. The van der Waals surface area contributed by atoms with Crippen molar-refractivity contribution in [2.24, 2.45) is 0 Å². The number of hydrogen-bond donors (Lipinski definition) is 0. The zero-order valence-corrected chi connectivity index (χ0v) is 14.5. The van der Waals surface area contributed by atoms with E-state index in [1.54, 1.807) is 17.4 Å². The van der Waals surface area contributed by atoms with Crippen molar-refractivity contribution in [3.05, 3.63) is 76.6 Å². The van der Waals surface area contributed by atoms with E-state index in [1.807, 2.05) is 35.7 Å². The monoisotopic (exact) mass is 370 g/mol. The molecule has 2 aromatic carbocycles. The Hall–Kier alpha value is -2.50. The van der Waals surface area contributed by atoms with E-state index in [-0.39, 0.29) is 12.4 Å². The summed E-state index contributed by atoms with van der Waals surface area (Å²) in [5.74, 6) is 0.118. The first-order valence-electron chi connectivity index (χ1n) is 7.57. The standard InChI is InChI=1S/C19H12ClFN2OS/c20-16-8-14(21)7-6-13(16)9-24-18-17-15(12-4-2-1-3-5-12)10-25-19(17)23-11-22-18/h1-8,10-11H,9H2. The van der Waals surface area contributed by atoms with Gasteiger partial charge < -0.3 is 4.74 Å². The molecule has 0 amide bonds. The molecule has 25 heavy (non-hydrogen) atoms. The van der Waals surface area contributed by atoms with E-state index in [9.17, 15) is 4.39 Å². The maximum Gasteiger partial charge on any atom is 0.226 e. The molecular weight excluding hydrogens is 359 g/mol. The van der Waals surface area contributed by atoms with Crippen LogP contribution in [0.1, 0.15) is 5.56 Å². The highest BCUT2D eigenvalue weighted by Gasteiger charge is 2.14. The maximum atomic E-state index is 13.2. The molecule has 4 rings (SSSR count). The molecule has 124 valence electrons. The number of thiophene rings is 1. The Labute approximate surface area is 152 Å². The maximum absolute atomic E-state index is 13.2. The van der Waals surface area contributed by atoms with Crippen LogP contribution in [0, 0.1) is 5.82 Å². The smallest absolute Gasteiger partial charge is 0.226 e. The molecule has 0 unspecified atom stereocenters. The fourth-order valence-electron chi connectivity index (χ4n) is 2.57. The number of fused-ring (bicyclic) bond motifs is 1. The quantitative estimate of drug-likeness (QED) is 0.460. The Bertz CT molecular complexity index is 1040. The van der Waals surface area contributed by atoms with Gasteiger partial charge >= 0.3 is 0 Å². The number of benzene rings is 2. The number of aromatic nitrogens is 2. The molecule has 0 atom stereocenters. The Balaban J connectivity index is 1.71. The van der Waals surface area contributed by atoms with Gasteiger partial charge in [0.25, 0.3) is 0 Å². The third-order valence-corrected chi connectivity index (χ3v) is 5.04. The molecule has 0 saturated carbocycles. The fraction of sp³-hybridized carbons (Fsp3) is 0.0526. The first kappa shape index (κ1) is 16.0. The van der Waals surface area contributed by atoms with E-state index in [4.69, 9.17) is 16.3 Å². The van der Waals surface area contributed by atoms with Crippen LogP contribution in [0.5, 0.6) is 5.88 Å². The summed E-state index contributed by atoms with van der Waals surface area (Å²) in [5, 5.41) is 3.25. The van der Waals surface area contributed by atoms with Crippen LogP contribution in [0.25, 0.3) is 21.3 Å². The number of nitrogens with zero attached hydrogens (tertiary/aromatic N) is 2. The van der Waals surface area contributed by atoms with Gasteiger partial charge in [-0.15, -0.1) is 11.3 Å². The minimum atomic E-state index is -0.373. The molecule has 0 aliphatic carbocycles. The van der Waals surface area contributed by atoms with Gasteiger partial charge in [-0.1, -0.05) is 48.0 Å². The van der Waals surface area contributed by atoms with Crippen LogP contribution in [-0.4, -0.2) is 9.97 Å². The molecule has 0 aliphatic heterocycles. The largest absolute Gasteiger partial charge is 0.472 e. The van der Waals surface area contributed by atoms with Gasteiger partial charge in [0.05, 0.1) is 10.4 Å². The molecule has 0 N–H and O–H groups in total. The molecule has 0 spiro atoms. The number of rotatable bonds is 4. The highest BCUT2D eigenvalue weighted by molar-refractivity contribution is 7.17. The van der Waals surface area contributed by atoms with Gasteiger partial charge in [0.1, 0.15) is 23.6 Å². The van der Waals surface area contributed by atoms with Crippen LogP contribution >= 0.6 is 22.9 Å². The van der Waals surface area contributed by atoms with Crippen molar-refractivity contribution in [1.29, 1.82) is 0 Å². The van der Waals surface area contributed by atoms with E-state index >= 15 is 0 Å². The predicted molar refractivity (Wildman–Crippen MR) is 98.6 cm³/mol. The van der Waals surface area contributed by atoms with Crippen LogP contribution in [-0.2, 0) is 6.61 Å². The van der Waals surface area contributed by atoms with E-state index < -0.39 is 0 Å². The second kappa shape index (κ2) is 6.78. The van der Waals surface area contributed by atoms with Gasteiger partial charge in [-0.05, 0) is 17.7 Å². The molecule has 6 heteroatoms. The van der Waals surface area contributed by atoms with Crippen molar-refractivity contribution in [2.45, 2.75) is 6.61 Å². The lowest BCUT2D eigenvalue weighted by molar-refractivity contribution is 0.297. The van der Waals surface area contributed by atoms with E-state index in [0.717, 1.165) is 21.3 Å². The number of hydrogen-bond acceptors (Lipinski definition) is 4. The zero-order chi connectivity index (χ0) is 17.2. The third kappa shape index (κ3) is 3.21. The van der Waals surface area contributed by atoms with Crippen molar-refractivity contribution in [1.82, 2.24) is 9.97 Å². The first-order chi connectivity index (χ1) is 12.2. The molecule has 0 bridgehead atoms. The van der Waals surface area contributed by atoms with Crippen LogP contribution in [0.15, 0.2) is 60.2 Å². The Morgan fingerprint density at radius 1 is 1.08 bits per heavy atom. The third-order valence-electron chi connectivity index (χ3n) is 3.80. The molecule has 3 nitrogen and oxygen atoms in total. The molecule has 0 radical (unpaired) electrons. The molecule has 0 fully saturated rings. The molecule has 0 saturated heterocycles. The number of halogens is 2. The van der Waals surface area contributed by atoms with Crippen molar-refractivity contribution in [3.63, 3.8) is 0 Å². The normalized spacial score (nSPS) is 11.0. The van der Waals surface area contributed by atoms with Crippen LogP contribution < -0.4 is 4.74 Å². The van der Waals surface area contributed by atoms with E-state index in [1.165, 1.54) is 18.5 Å². The van der Waals surface area contributed by atoms with E-state index in [2.05, 4.69) is 9.97 Å². The van der Waals surface area contributed by atoms with Gasteiger partial charge in [0.15, 0.2) is 0 Å². The summed E-state index contributed by atoms with van der Waals surface area (Å²) >= 11 is 7.61. The summed E-state index contributed by atoms with van der Waals surface area (Å²) in [6.07, 6.45) is 1.48. The summed E-state index contributed by atoms with van der Waals surface area (Å²) in [6.45, 7) is 0.204. The van der Waals surface area contributed by atoms with Crippen molar-refractivity contribution < 1.29 is 9.13 Å². The summed E-state index contributed by atoms with van der Waals surface area (Å²) < 4.78 is 19.1. The molecular formula is C19H12ClFN2OS. The Morgan fingerprint density at radius 3 is 2.72 bits per heavy atom. The lowest BCUT2D eigenvalue weighted by Crippen LogP contribution is -1.99. The highest BCUT2D eigenvalue weighted by atomic mass is 35.5. The van der Waals surface area contributed by atoms with Gasteiger partial charge in [-0.25, -0.2) is 14.4 Å². The second-order valence-corrected chi connectivity index (χ2v) is 6.66. The molecule has 2 heterocycles. The average molecular weight is 371 g/mol. The molecule has 0 aliphatic rings. The van der Waals surface area contributed by atoms with Gasteiger partial charge in [-0.3, -0.25) is 0 Å². The summed E-state index contributed by atoms with van der Waals surface area (Å²) in [6, 6.07) is 14.3.